The summed E-state index contributed by atoms with van der Waals surface area (Å²) >= 11 is 5.95. The number of hydrogen-bond acceptors (Lipinski definition) is 3. The Morgan fingerprint density at radius 3 is 2.36 bits per heavy atom. The van der Waals surface area contributed by atoms with Crippen LogP contribution in [0.25, 0.3) is 28.4 Å². The zero-order valence-electron chi connectivity index (χ0n) is 11.5. The molecule has 0 aliphatic heterocycles. The van der Waals surface area contributed by atoms with Crippen molar-refractivity contribution in [2.45, 2.75) is 0 Å². The molecular weight excluding hydrogens is 296 g/mol. The summed E-state index contributed by atoms with van der Waals surface area (Å²) in [7, 11) is 0. The molecule has 0 fully saturated rings. The molecule has 0 saturated carbocycles. The molecule has 2 heterocycles. The first-order valence-electron chi connectivity index (χ1n) is 6.84. The Hall–Kier alpha value is -2.72. The van der Waals surface area contributed by atoms with Crippen LogP contribution in [0.5, 0.6) is 0 Å². The van der Waals surface area contributed by atoms with Crippen molar-refractivity contribution in [3.63, 3.8) is 0 Å². The Morgan fingerprint density at radius 2 is 1.59 bits per heavy atom. The van der Waals surface area contributed by atoms with Gasteiger partial charge in [-0.25, -0.2) is 4.98 Å². The van der Waals surface area contributed by atoms with Crippen molar-refractivity contribution < 1.29 is 0 Å². The van der Waals surface area contributed by atoms with Crippen LogP contribution in [0.3, 0.4) is 0 Å². The standard InChI is InChI=1S/C17H11ClN4/c18-14-8-6-12(7-9-14)15-10-11-19-17-20-16(21-22(15)17)13-4-2-1-3-5-13/h1-11H. The molecule has 4 nitrogen and oxygen atoms in total. The molecule has 0 radical (unpaired) electrons. The summed E-state index contributed by atoms with van der Waals surface area (Å²) in [4.78, 5) is 8.80. The van der Waals surface area contributed by atoms with Crippen molar-refractivity contribution in [1.82, 2.24) is 19.6 Å². The van der Waals surface area contributed by atoms with E-state index in [4.69, 9.17) is 11.6 Å². The highest BCUT2D eigenvalue weighted by Gasteiger charge is 2.11. The van der Waals surface area contributed by atoms with Gasteiger partial charge in [-0.05, 0) is 18.2 Å². The fourth-order valence-electron chi connectivity index (χ4n) is 2.34. The van der Waals surface area contributed by atoms with E-state index in [1.807, 2.05) is 60.7 Å². The molecule has 0 aliphatic carbocycles. The Bertz CT molecular complexity index is 930. The number of benzene rings is 2. The molecule has 22 heavy (non-hydrogen) atoms. The van der Waals surface area contributed by atoms with E-state index in [0.717, 1.165) is 16.8 Å². The molecule has 0 N–H and O–H groups in total. The van der Waals surface area contributed by atoms with Crippen LogP contribution < -0.4 is 0 Å². The molecule has 4 aromatic rings. The molecule has 0 atom stereocenters. The van der Waals surface area contributed by atoms with E-state index in [-0.39, 0.29) is 0 Å². The second-order valence-corrected chi connectivity index (χ2v) is 5.29. The number of hydrogen-bond donors (Lipinski definition) is 0. The van der Waals surface area contributed by atoms with Gasteiger partial charge in [0.15, 0.2) is 5.82 Å². The smallest absolute Gasteiger partial charge is 0.220 e. The van der Waals surface area contributed by atoms with Gasteiger partial charge in [-0.1, -0.05) is 54.1 Å². The molecule has 2 aromatic heterocycles. The average molecular weight is 307 g/mol. The SMILES string of the molecule is Clc1ccc(-c2ccnc3nc(-c4ccccc4)nn23)cc1. The van der Waals surface area contributed by atoms with Crippen molar-refractivity contribution in [2.24, 2.45) is 0 Å². The molecular formula is C17H11ClN4. The van der Waals surface area contributed by atoms with Crippen LogP contribution in [0.1, 0.15) is 0 Å². The summed E-state index contributed by atoms with van der Waals surface area (Å²) in [6.45, 7) is 0. The molecule has 0 unspecified atom stereocenters. The van der Waals surface area contributed by atoms with Crippen LogP contribution in [0.4, 0.5) is 0 Å². The number of nitrogens with zero attached hydrogens (tertiary/aromatic N) is 4. The fourth-order valence-corrected chi connectivity index (χ4v) is 2.47. The molecule has 0 aliphatic rings. The maximum Gasteiger partial charge on any atom is 0.253 e. The van der Waals surface area contributed by atoms with Gasteiger partial charge in [0, 0.05) is 22.3 Å². The maximum atomic E-state index is 5.95. The van der Waals surface area contributed by atoms with E-state index in [1.165, 1.54) is 0 Å². The predicted molar refractivity (Wildman–Crippen MR) is 86.7 cm³/mol. The highest BCUT2D eigenvalue weighted by molar-refractivity contribution is 6.30. The van der Waals surface area contributed by atoms with Crippen LogP contribution >= 0.6 is 11.6 Å². The lowest BCUT2D eigenvalue weighted by atomic mass is 10.1. The second-order valence-electron chi connectivity index (χ2n) is 4.85. The van der Waals surface area contributed by atoms with Gasteiger partial charge in [0.05, 0.1) is 5.69 Å². The lowest BCUT2D eigenvalue weighted by molar-refractivity contribution is 0.951. The Morgan fingerprint density at radius 1 is 0.818 bits per heavy atom. The third-order valence-electron chi connectivity index (χ3n) is 3.41. The number of fused-ring (bicyclic) bond motifs is 1. The largest absolute Gasteiger partial charge is 0.253 e. The van der Waals surface area contributed by atoms with Crippen molar-refractivity contribution >= 4 is 17.4 Å². The Kier molecular flexibility index (Phi) is 3.09. The zero-order valence-corrected chi connectivity index (χ0v) is 12.3. The first-order chi connectivity index (χ1) is 10.8. The van der Waals surface area contributed by atoms with Crippen LogP contribution in [0, 0.1) is 0 Å². The quantitative estimate of drug-likeness (QED) is 0.559. The molecule has 0 spiro atoms. The van der Waals surface area contributed by atoms with E-state index in [1.54, 1.807) is 10.7 Å². The van der Waals surface area contributed by atoms with Crippen molar-refractivity contribution in [3.05, 3.63) is 71.9 Å². The molecule has 5 heteroatoms. The van der Waals surface area contributed by atoms with E-state index >= 15 is 0 Å². The minimum atomic E-state index is 0.575. The number of rotatable bonds is 2. The van der Waals surface area contributed by atoms with Gasteiger partial charge in [-0.15, -0.1) is 5.10 Å². The van der Waals surface area contributed by atoms with Gasteiger partial charge in [0.1, 0.15) is 0 Å². The fraction of sp³-hybridized carbons (Fsp3) is 0. The van der Waals surface area contributed by atoms with Gasteiger partial charge in [-0.2, -0.15) is 9.50 Å². The van der Waals surface area contributed by atoms with Crippen molar-refractivity contribution in [3.8, 4) is 22.6 Å². The predicted octanol–water partition coefficient (Wildman–Crippen LogP) is 4.11. The lowest BCUT2D eigenvalue weighted by Gasteiger charge is -2.03. The zero-order chi connectivity index (χ0) is 14.9. The Balaban J connectivity index is 1.90. The van der Waals surface area contributed by atoms with Crippen LogP contribution in [-0.2, 0) is 0 Å². The van der Waals surface area contributed by atoms with Gasteiger partial charge in [-0.3, -0.25) is 0 Å². The van der Waals surface area contributed by atoms with E-state index in [2.05, 4.69) is 15.1 Å². The summed E-state index contributed by atoms with van der Waals surface area (Å²) in [6.07, 6.45) is 1.74. The summed E-state index contributed by atoms with van der Waals surface area (Å²) in [5.74, 6) is 1.24. The average Bonchev–Trinajstić information content (AvgIpc) is 3.01. The first kappa shape index (κ1) is 13.0. The van der Waals surface area contributed by atoms with Crippen molar-refractivity contribution in [2.75, 3.05) is 0 Å². The highest BCUT2D eigenvalue weighted by Crippen LogP contribution is 2.23. The van der Waals surface area contributed by atoms with Crippen LogP contribution in [-0.4, -0.2) is 19.6 Å². The molecule has 2 aromatic carbocycles. The molecule has 0 amide bonds. The maximum absolute atomic E-state index is 5.95. The van der Waals surface area contributed by atoms with Crippen LogP contribution in [0.2, 0.25) is 5.02 Å². The lowest BCUT2D eigenvalue weighted by Crippen LogP contribution is -1.95. The van der Waals surface area contributed by atoms with Crippen LogP contribution in [0.15, 0.2) is 66.9 Å². The third kappa shape index (κ3) is 2.23. The van der Waals surface area contributed by atoms with Gasteiger partial charge < -0.3 is 0 Å². The summed E-state index contributed by atoms with van der Waals surface area (Å²) in [6, 6.07) is 19.4. The van der Waals surface area contributed by atoms with E-state index in [0.29, 0.717) is 16.6 Å². The first-order valence-corrected chi connectivity index (χ1v) is 7.22. The minimum Gasteiger partial charge on any atom is -0.220 e. The highest BCUT2D eigenvalue weighted by atomic mass is 35.5. The van der Waals surface area contributed by atoms with E-state index in [9.17, 15) is 0 Å². The minimum absolute atomic E-state index is 0.575. The van der Waals surface area contributed by atoms with Gasteiger partial charge in [0.25, 0.3) is 5.78 Å². The second kappa shape index (κ2) is 5.24. The molecule has 0 bridgehead atoms. The summed E-state index contributed by atoms with van der Waals surface area (Å²) < 4.78 is 1.76. The van der Waals surface area contributed by atoms with Gasteiger partial charge >= 0.3 is 0 Å². The Labute approximate surface area is 132 Å². The normalized spacial score (nSPS) is 11.0. The molecule has 4 rings (SSSR count). The third-order valence-corrected chi connectivity index (χ3v) is 3.66. The topological polar surface area (TPSA) is 43.1 Å². The van der Waals surface area contributed by atoms with E-state index < -0.39 is 0 Å². The molecule has 0 saturated heterocycles. The van der Waals surface area contributed by atoms with Crippen molar-refractivity contribution in [1.29, 1.82) is 0 Å². The molecule has 106 valence electrons. The summed E-state index contributed by atoms with van der Waals surface area (Å²) in [5.41, 5.74) is 2.91. The van der Waals surface area contributed by atoms with Gasteiger partial charge in [0.2, 0.25) is 0 Å². The number of halogens is 1. The number of aromatic nitrogens is 4. The summed E-state index contributed by atoms with van der Waals surface area (Å²) in [5, 5.41) is 5.30. The monoisotopic (exact) mass is 306 g/mol.